The van der Waals surface area contributed by atoms with Gasteiger partial charge in [-0.25, -0.2) is 4.39 Å². The molecule has 0 aliphatic heterocycles. The third-order valence-corrected chi connectivity index (χ3v) is 2.16. The second-order valence-electron chi connectivity index (χ2n) is 3.16. The van der Waals surface area contributed by atoms with Gasteiger partial charge in [0.15, 0.2) is 0 Å². The molecule has 0 aliphatic carbocycles. The van der Waals surface area contributed by atoms with Crippen LogP contribution in [0.2, 0.25) is 5.02 Å². The summed E-state index contributed by atoms with van der Waals surface area (Å²) in [7, 11) is 1.28. The molecular weight excluding hydrogens is 275 g/mol. The highest BCUT2D eigenvalue weighted by molar-refractivity contribution is 6.33. The Balaban J connectivity index is 2.91. The smallest absolute Gasteiger partial charge is 0.270 e. The summed E-state index contributed by atoms with van der Waals surface area (Å²) in [5.41, 5.74) is -0.107. The van der Waals surface area contributed by atoms with E-state index in [2.05, 4.69) is 21.2 Å². The Hall–Kier alpha value is -2.26. The number of nitrogens with zero attached hydrogens (tertiary/aromatic N) is 1. The highest BCUT2D eigenvalue weighted by Gasteiger charge is 2.11. The van der Waals surface area contributed by atoms with Crippen LogP contribution in [-0.2, 0) is 9.63 Å². The van der Waals surface area contributed by atoms with Crippen LogP contribution < -0.4 is 10.1 Å². The van der Waals surface area contributed by atoms with Gasteiger partial charge in [0.1, 0.15) is 31.5 Å². The molecule has 0 spiro atoms. The van der Waals surface area contributed by atoms with Crippen molar-refractivity contribution in [2.24, 2.45) is 5.16 Å². The third kappa shape index (κ3) is 4.48. The van der Waals surface area contributed by atoms with Crippen molar-refractivity contribution < 1.29 is 18.8 Å². The molecule has 1 N–H and O–H groups in total. The van der Waals surface area contributed by atoms with Crippen LogP contribution in [0.5, 0.6) is 5.75 Å². The second-order valence-corrected chi connectivity index (χ2v) is 3.57. The van der Waals surface area contributed by atoms with E-state index in [1.165, 1.54) is 13.2 Å². The van der Waals surface area contributed by atoms with E-state index in [1.807, 2.05) is 0 Å². The Bertz CT molecular complexity index is 541. The van der Waals surface area contributed by atoms with Gasteiger partial charge in [0.2, 0.25) is 0 Å². The highest BCUT2D eigenvalue weighted by Crippen LogP contribution is 2.30. The van der Waals surface area contributed by atoms with E-state index in [-0.39, 0.29) is 23.1 Å². The maximum absolute atomic E-state index is 13.6. The molecule has 0 radical (unpaired) electrons. The zero-order valence-electron chi connectivity index (χ0n) is 9.94. The van der Waals surface area contributed by atoms with Crippen LogP contribution in [-0.4, -0.2) is 25.8 Å². The lowest BCUT2D eigenvalue weighted by molar-refractivity contribution is -0.110. The van der Waals surface area contributed by atoms with E-state index < -0.39 is 11.7 Å². The zero-order chi connectivity index (χ0) is 14.3. The number of hydrogen-bond donors (Lipinski definition) is 1. The van der Waals surface area contributed by atoms with Crippen LogP contribution in [0.4, 0.5) is 10.1 Å². The molecule has 0 unspecified atom stereocenters. The van der Waals surface area contributed by atoms with Crippen LogP contribution in [0.15, 0.2) is 17.3 Å². The lowest BCUT2D eigenvalue weighted by Gasteiger charge is -2.09. The molecule has 0 aromatic heterocycles. The normalized spacial score (nSPS) is 10.0. The summed E-state index contributed by atoms with van der Waals surface area (Å²) >= 11 is 5.76. The van der Waals surface area contributed by atoms with E-state index in [4.69, 9.17) is 22.8 Å². The number of carbonyl (C=O) groups excluding carboxylic acids is 1. The minimum absolute atomic E-state index is 0.0239. The van der Waals surface area contributed by atoms with Gasteiger partial charge in [-0.1, -0.05) is 22.7 Å². The average molecular weight is 285 g/mol. The van der Waals surface area contributed by atoms with Crippen molar-refractivity contribution >= 4 is 29.4 Å². The van der Waals surface area contributed by atoms with E-state index in [0.717, 1.165) is 12.3 Å². The average Bonchev–Trinajstić information content (AvgIpc) is 2.38. The van der Waals surface area contributed by atoms with E-state index >= 15 is 0 Å². The number of terminal acetylenes is 1. The molecule has 1 aromatic carbocycles. The fourth-order valence-electron chi connectivity index (χ4n) is 1.12. The number of ether oxygens (including phenoxy) is 1. The molecule has 0 bridgehead atoms. The number of halogens is 2. The predicted octanol–water partition coefficient (Wildman–Crippen LogP) is 2.06. The van der Waals surface area contributed by atoms with Crippen molar-refractivity contribution in [1.29, 1.82) is 0 Å². The first kappa shape index (κ1) is 14.8. The molecule has 1 rings (SSSR count). The number of carbonyl (C=O) groups is 1. The standard InChI is InChI=1S/C12H10ClFN2O3/c1-3-4-19-11-6-10(9(14)5-8(11)13)16-12(17)7-15-18-2/h1,5-7H,4H2,2H3,(H,16,17)/b15-7-. The maximum atomic E-state index is 13.6. The summed E-state index contributed by atoms with van der Waals surface area (Å²) in [5, 5.41) is 5.55. The number of rotatable bonds is 5. The number of amides is 1. The molecule has 19 heavy (non-hydrogen) atoms. The van der Waals surface area contributed by atoms with Gasteiger partial charge in [-0.15, -0.1) is 6.42 Å². The second kappa shape index (κ2) is 7.24. The molecule has 100 valence electrons. The van der Waals surface area contributed by atoms with Gasteiger partial charge >= 0.3 is 0 Å². The van der Waals surface area contributed by atoms with Gasteiger partial charge in [0, 0.05) is 6.07 Å². The Morgan fingerprint density at radius 2 is 2.42 bits per heavy atom. The summed E-state index contributed by atoms with van der Waals surface area (Å²) < 4.78 is 18.7. The van der Waals surface area contributed by atoms with Crippen molar-refractivity contribution in [3.63, 3.8) is 0 Å². The molecule has 7 heteroatoms. The van der Waals surface area contributed by atoms with Crippen molar-refractivity contribution in [1.82, 2.24) is 0 Å². The maximum Gasteiger partial charge on any atom is 0.270 e. The number of benzene rings is 1. The molecule has 5 nitrogen and oxygen atoms in total. The van der Waals surface area contributed by atoms with Crippen LogP contribution in [0.3, 0.4) is 0 Å². The van der Waals surface area contributed by atoms with Gasteiger partial charge < -0.3 is 14.9 Å². The molecule has 0 heterocycles. The van der Waals surface area contributed by atoms with Gasteiger partial charge in [0.05, 0.1) is 10.7 Å². The minimum atomic E-state index is -0.711. The van der Waals surface area contributed by atoms with Crippen LogP contribution >= 0.6 is 11.6 Å². The summed E-state index contributed by atoms with van der Waals surface area (Å²) in [6.45, 7) is -0.0239. The van der Waals surface area contributed by atoms with E-state index in [0.29, 0.717) is 0 Å². The summed E-state index contributed by atoms with van der Waals surface area (Å²) in [6, 6.07) is 2.24. The summed E-state index contributed by atoms with van der Waals surface area (Å²) in [6.07, 6.45) is 5.89. The molecule has 0 saturated carbocycles. The first-order valence-corrected chi connectivity index (χ1v) is 5.39. The lowest BCUT2D eigenvalue weighted by Crippen LogP contribution is -2.14. The summed E-state index contributed by atoms with van der Waals surface area (Å²) in [4.78, 5) is 15.6. The quantitative estimate of drug-likeness (QED) is 0.511. The van der Waals surface area contributed by atoms with Crippen molar-refractivity contribution in [2.45, 2.75) is 0 Å². The molecule has 0 aliphatic rings. The van der Waals surface area contributed by atoms with Gasteiger partial charge in [0.25, 0.3) is 5.91 Å². The van der Waals surface area contributed by atoms with Crippen molar-refractivity contribution in [3.8, 4) is 18.1 Å². The topological polar surface area (TPSA) is 59.9 Å². The Labute approximate surface area is 114 Å². The fraction of sp³-hybridized carbons (Fsp3) is 0.167. The lowest BCUT2D eigenvalue weighted by atomic mass is 10.2. The number of oxime groups is 1. The van der Waals surface area contributed by atoms with Crippen LogP contribution in [0.1, 0.15) is 0 Å². The molecule has 0 atom stereocenters. The molecule has 0 fully saturated rings. The van der Waals surface area contributed by atoms with Crippen molar-refractivity contribution in [3.05, 3.63) is 23.0 Å². The van der Waals surface area contributed by atoms with Crippen molar-refractivity contribution in [2.75, 3.05) is 19.0 Å². The fourth-order valence-corrected chi connectivity index (χ4v) is 1.33. The molecule has 1 amide bonds. The van der Waals surface area contributed by atoms with Crippen LogP contribution in [0.25, 0.3) is 0 Å². The largest absolute Gasteiger partial charge is 0.479 e. The Morgan fingerprint density at radius 1 is 1.68 bits per heavy atom. The SMILES string of the molecule is C#CCOc1cc(NC(=O)/C=N\OC)c(F)cc1Cl. The van der Waals surface area contributed by atoms with Gasteiger partial charge in [-0.2, -0.15) is 0 Å². The molecule has 0 saturated heterocycles. The van der Waals surface area contributed by atoms with Gasteiger partial charge in [-0.05, 0) is 6.07 Å². The number of nitrogens with one attached hydrogen (secondary N) is 1. The third-order valence-electron chi connectivity index (χ3n) is 1.87. The number of anilines is 1. The van der Waals surface area contributed by atoms with Crippen LogP contribution in [0, 0.1) is 18.2 Å². The minimum Gasteiger partial charge on any atom is -0.479 e. The zero-order valence-corrected chi connectivity index (χ0v) is 10.7. The monoisotopic (exact) mass is 284 g/mol. The Kier molecular flexibility index (Phi) is 5.64. The predicted molar refractivity (Wildman–Crippen MR) is 69.9 cm³/mol. The first-order valence-electron chi connectivity index (χ1n) is 5.01. The molecule has 1 aromatic rings. The number of hydrogen-bond acceptors (Lipinski definition) is 4. The van der Waals surface area contributed by atoms with Gasteiger partial charge in [-0.3, -0.25) is 4.79 Å². The summed E-state index contributed by atoms with van der Waals surface area (Å²) in [5.74, 6) is 1.04. The Morgan fingerprint density at radius 3 is 3.05 bits per heavy atom. The van der Waals surface area contributed by atoms with E-state index in [1.54, 1.807) is 0 Å². The highest BCUT2D eigenvalue weighted by atomic mass is 35.5. The first-order chi connectivity index (χ1) is 9.08. The molecular formula is C12H10ClFN2O3. The van der Waals surface area contributed by atoms with E-state index in [9.17, 15) is 9.18 Å².